The van der Waals surface area contributed by atoms with Gasteiger partial charge in [-0.3, -0.25) is 0 Å². The summed E-state index contributed by atoms with van der Waals surface area (Å²) < 4.78 is 60.5. The first kappa shape index (κ1) is 14.3. The van der Waals surface area contributed by atoms with Gasteiger partial charge in [0, 0.05) is 10.2 Å². The lowest BCUT2D eigenvalue weighted by Crippen LogP contribution is -2.33. The summed E-state index contributed by atoms with van der Waals surface area (Å²) >= 11 is 3.05. The highest BCUT2D eigenvalue weighted by Gasteiger charge is 2.30. The number of sulfonamides is 1. The molecule has 0 atom stereocenters. The van der Waals surface area contributed by atoms with Crippen LogP contribution in [-0.4, -0.2) is 21.1 Å². The monoisotopic (exact) mass is 332 g/mol. The summed E-state index contributed by atoms with van der Waals surface area (Å²) in [5.74, 6) is 0. The number of halogens is 4. The van der Waals surface area contributed by atoms with E-state index in [0.717, 1.165) is 12.1 Å². The van der Waals surface area contributed by atoms with Crippen LogP contribution in [0.5, 0.6) is 0 Å². The Bertz CT molecular complexity index is 516. The Labute approximate surface area is 104 Å². The molecule has 4 nitrogen and oxygen atoms in total. The van der Waals surface area contributed by atoms with Crippen molar-refractivity contribution in [2.24, 2.45) is 0 Å². The first-order valence-corrected chi connectivity index (χ1v) is 6.51. The van der Waals surface area contributed by atoms with E-state index in [1.165, 1.54) is 10.8 Å². The van der Waals surface area contributed by atoms with Crippen LogP contribution >= 0.6 is 15.9 Å². The molecule has 0 aliphatic heterocycles. The van der Waals surface area contributed by atoms with E-state index < -0.39 is 22.7 Å². The van der Waals surface area contributed by atoms with E-state index in [9.17, 15) is 21.6 Å². The summed E-state index contributed by atoms with van der Waals surface area (Å²) in [6, 6.07) is 3.57. The number of anilines is 1. The van der Waals surface area contributed by atoms with Crippen molar-refractivity contribution < 1.29 is 21.6 Å². The lowest BCUT2D eigenvalue weighted by molar-refractivity contribution is -0.121. The molecule has 0 saturated heterocycles. The van der Waals surface area contributed by atoms with E-state index in [1.54, 1.807) is 0 Å². The van der Waals surface area contributed by atoms with Gasteiger partial charge in [0.2, 0.25) is 10.0 Å². The molecular weight excluding hydrogens is 325 g/mol. The van der Waals surface area contributed by atoms with Crippen molar-refractivity contribution in [2.75, 3.05) is 12.3 Å². The van der Waals surface area contributed by atoms with Gasteiger partial charge in [-0.25, -0.2) is 13.1 Å². The standard InChI is InChI=1S/C8H8BrF3N2O2S/c9-6-2-1-5(3-7(6)13)17(15,16)14-4-8(10,11)12/h1-3,14H,4,13H2. The number of hydrogen-bond acceptors (Lipinski definition) is 3. The fraction of sp³-hybridized carbons (Fsp3) is 0.250. The molecule has 0 saturated carbocycles. The molecule has 0 spiro atoms. The largest absolute Gasteiger partial charge is 0.402 e. The highest BCUT2D eigenvalue weighted by Crippen LogP contribution is 2.23. The Hall–Kier alpha value is -0.800. The fourth-order valence-corrected chi connectivity index (χ4v) is 2.25. The molecular formula is C8H8BrF3N2O2S. The minimum Gasteiger partial charge on any atom is -0.398 e. The lowest BCUT2D eigenvalue weighted by Gasteiger charge is -2.10. The van der Waals surface area contributed by atoms with E-state index >= 15 is 0 Å². The molecule has 1 aromatic carbocycles. The van der Waals surface area contributed by atoms with Crippen LogP contribution in [0.4, 0.5) is 18.9 Å². The molecule has 0 aromatic heterocycles. The molecule has 0 bridgehead atoms. The molecule has 0 aliphatic rings. The van der Waals surface area contributed by atoms with Gasteiger partial charge in [0.15, 0.2) is 0 Å². The molecule has 3 N–H and O–H groups in total. The molecule has 0 fully saturated rings. The Morgan fingerprint density at radius 2 is 1.94 bits per heavy atom. The van der Waals surface area contributed by atoms with E-state index in [2.05, 4.69) is 15.9 Å². The lowest BCUT2D eigenvalue weighted by atomic mass is 10.3. The van der Waals surface area contributed by atoms with Crippen molar-refractivity contribution in [3.63, 3.8) is 0 Å². The number of alkyl halides is 3. The van der Waals surface area contributed by atoms with Crippen molar-refractivity contribution >= 4 is 31.6 Å². The molecule has 17 heavy (non-hydrogen) atoms. The van der Waals surface area contributed by atoms with E-state index in [-0.39, 0.29) is 10.6 Å². The summed E-state index contributed by atoms with van der Waals surface area (Å²) in [5.41, 5.74) is 5.56. The van der Waals surface area contributed by atoms with Crippen molar-refractivity contribution in [2.45, 2.75) is 11.1 Å². The number of hydrogen-bond donors (Lipinski definition) is 2. The number of nitrogen functional groups attached to an aromatic ring is 1. The highest BCUT2D eigenvalue weighted by molar-refractivity contribution is 9.10. The van der Waals surface area contributed by atoms with E-state index in [4.69, 9.17) is 5.73 Å². The third-order valence-electron chi connectivity index (χ3n) is 1.74. The number of nitrogens with one attached hydrogen (secondary N) is 1. The molecule has 96 valence electrons. The normalized spacial score (nSPS) is 12.7. The van der Waals surface area contributed by atoms with Gasteiger partial charge in [0.25, 0.3) is 0 Å². The van der Waals surface area contributed by atoms with Crippen LogP contribution in [0.1, 0.15) is 0 Å². The number of rotatable bonds is 3. The second-order valence-electron chi connectivity index (χ2n) is 3.12. The zero-order valence-electron chi connectivity index (χ0n) is 8.25. The van der Waals surface area contributed by atoms with Gasteiger partial charge in [0.05, 0.1) is 4.90 Å². The molecule has 1 aromatic rings. The van der Waals surface area contributed by atoms with Gasteiger partial charge in [0.1, 0.15) is 6.54 Å². The Kier molecular flexibility index (Phi) is 4.05. The second-order valence-corrected chi connectivity index (χ2v) is 5.74. The molecule has 0 unspecified atom stereocenters. The van der Waals surface area contributed by atoms with Crippen LogP contribution in [0, 0.1) is 0 Å². The quantitative estimate of drug-likeness (QED) is 0.830. The molecule has 9 heteroatoms. The maximum Gasteiger partial charge on any atom is 0.402 e. The maximum absolute atomic E-state index is 11.9. The van der Waals surface area contributed by atoms with Gasteiger partial charge in [-0.15, -0.1) is 0 Å². The van der Waals surface area contributed by atoms with Gasteiger partial charge in [-0.05, 0) is 34.1 Å². The smallest absolute Gasteiger partial charge is 0.398 e. The van der Waals surface area contributed by atoms with Crippen molar-refractivity contribution in [3.05, 3.63) is 22.7 Å². The first-order valence-electron chi connectivity index (χ1n) is 4.23. The summed E-state index contributed by atoms with van der Waals surface area (Å²) in [7, 11) is -4.20. The topological polar surface area (TPSA) is 72.2 Å². The predicted octanol–water partition coefficient (Wildman–Crippen LogP) is 1.87. The minimum atomic E-state index is -4.60. The van der Waals surface area contributed by atoms with Crippen LogP contribution in [0.3, 0.4) is 0 Å². The second kappa shape index (κ2) is 4.83. The molecule has 0 aliphatic carbocycles. The van der Waals surface area contributed by atoms with Crippen LogP contribution in [0.2, 0.25) is 0 Å². The number of benzene rings is 1. The molecule has 0 amide bonds. The average Bonchev–Trinajstić information content (AvgIpc) is 2.18. The first-order chi connectivity index (χ1) is 7.62. The van der Waals surface area contributed by atoms with E-state index in [1.807, 2.05) is 0 Å². The van der Waals surface area contributed by atoms with Crippen LogP contribution in [0.15, 0.2) is 27.6 Å². The van der Waals surface area contributed by atoms with Gasteiger partial charge in [-0.1, -0.05) is 0 Å². The van der Waals surface area contributed by atoms with Crippen molar-refractivity contribution in [3.8, 4) is 0 Å². The fourth-order valence-electron chi connectivity index (χ4n) is 0.949. The third kappa shape index (κ3) is 4.17. The zero-order valence-corrected chi connectivity index (χ0v) is 10.7. The predicted molar refractivity (Wildman–Crippen MR) is 59.8 cm³/mol. The third-order valence-corrected chi connectivity index (χ3v) is 3.86. The van der Waals surface area contributed by atoms with Crippen molar-refractivity contribution in [1.82, 2.24) is 4.72 Å². The Balaban J connectivity index is 2.94. The molecule has 1 rings (SSSR count). The SMILES string of the molecule is Nc1cc(S(=O)(=O)NCC(F)(F)F)ccc1Br. The average molecular weight is 333 g/mol. The summed E-state index contributed by atoms with van der Waals surface area (Å²) in [4.78, 5) is -0.317. The van der Waals surface area contributed by atoms with Gasteiger partial charge < -0.3 is 5.73 Å². The highest BCUT2D eigenvalue weighted by atomic mass is 79.9. The number of nitrogens with two attached hydrogens (primary N) is 1. The zero-order chi connectivity index (χ0) is 13.3. The molecule has 0 radical (unpaired) electrons. The Morgan fingerprint density at radius 1 is 1.35 bits per heavy atom. The van der Waals surface area contributed by atoms with Gasteiger partial charge in [-0.2, -0.15) is 13.2 Å². The van der Waals surface area contributed by atoms with Crippen LogP contribution < -0.4 is 10.5 Å². The minimum absolute atomic E-state index is 0.125. The van der Waals surface area contributed by atoms with Gasteiger partial charge >= 0.3 is 6.18 Å². The maximum atomic E-state index is 11.9. The summed E-state index contributed by atoms with van der Waals surface area (Å²) in [5, 5.41) is 0. The summed E-state index contributed by atoms with van der Waals surface area (Å²) in [6.07, 6.45) is -4.60. The van der Waals surface area contributed by atoms with E-state index in [0.29, 0.717) is 4.47 Å². The molecule has 0 heterocycles. The van der Waals surface area contributed by atoms with Crippen molar-refractivity contribution in [1.29, 1.82) is 0 Å². The van der Waals surface area contributed by atoms with Crippen LogP contribution in [0.25, 0.3) is 0 Å². The Morgan fingerprint density at radius 3 is 2.41 bits per heavy atom. The summed E-state index contributed by atoms with van der Waals surface area (Å²) in [6.45, 7) is -1.62. The van der Waals surface area contributed by atoms with Crippen LogP contribution in [-0.2, 0) is 10.0 Å².